The van der Waals surface area contributed by atoms with E-state index in [1.807, 2.05) is 23.6 Å². The lowest BCUT2D eigenvalue weighted by molar-refractivity contribution is 0.354. The Morgan fingerprint density at radius 3 is 2.59 bits per heavy atom. The number of aromatic nitrogens is 1. The standard InChI is InChI=1S/C12H14N2O2S/c1-15-9-4-3-8(7-10(9)16-2)11(13)12-14-5-6-17-12/h3-7,11H,13H2,1-2H3. The topological polar surface area (TPSA) is 57.4 Å². The van der Waals surface area contributed by atoms with Gasteiger partial charge in [0.25, 0.3) is 0 Å². The molecule has 1 aromatic heterocycles. The van der Waals surface area contributed by atoms with Gasteiger partial charge in [0, 0.05) is 11.6 Å². The molecule has 2 rings (SSSR count). The number of hydrogen-bond donors (Lipinski definition) is 1. The second-order valence-electron chi connectivity index (χ2n) is 3.46. The highest BCUT2D eigenvalue weighted by atomic mass is 32.1. The SMILES string of the molecule is COc1ccc(C(N)c2nccs2)cc1OC. The maximum absolute atomic E-state index is 6.13. The first-order valence-corrected chi connectivity index (χ1v) is 6.01. The normalized spacial score (nSPS) is 12.2. The van der Waals surface area contributed by atoms with E-state index in [2.05, 4.69) is 4.98 Å². The molecule has 1 unspecified atom stereocenters. The van der Waals surface area contributed by atoms with E-state index in [0.717, 1.165) is 10.6 Å². The Bertz CT molecular complexity index is 485. The van der Waals surface area contributed by atoms with Crippen LogP contribution >= 0.6 is 11.3 Å². The summed E-state index contributed by atoms with van der Waals surface area (Å²) in [5.41, 5.74) is 7.08. The van der Waals surface area contributed by atoms with Crippen molar-refractivity contribution >= 4 is 11.3 Å². The van der Waals surface area contributed by atoms with Gasteiger partial charge in [-0.05, 0) is 17.7 Å². The van der Waals surface area contributed by atoms with Crippen molar-refractivity contribution in [2.24, 2.45) is 5.73 Å². The summed E-state index contributed by atoms with van der Waals surface area (Å²) in [6.07, 6.45) is 1.75. The minimum Gasteiger partial charge on any atom is -0.493 e. The number of thiazole rings is 1. The predicted octanol–water partition coefficient (Wildman–Crippen LogP) is 2.21. The smallest absolute Gasteiger partial charge is 0.161 e. The Labute approximate surface area is 104 Å². The predicted molar refractivity (Wildman–Crippen MR) is 67.7 cm³/mol. The lowest BCUT2D eigenvalue weighted by atomic mass is 10.1. The first kappa shape index (κ1) is 11.9. The van der Waals surface area contributed by atoms with Crippen molar-refractivity contribution in [3.8, 4) is 11.5 Å². The third kappa shape index (κ3) is 2.40. The van der Waals surface area contributed by atoms with Crippen LogP contribution < -0.4 is 15.2 Å². The van der Waals surface area contributed by atoms with Crippen molar-refractivity contribution in [1.82, 2.24) is 4.98 Å². The van der Waals surface area contributed by atoms with Gasteiger partial charge in [-0.15, -0.1) is 11.3 Å². The number of methoxy groups -OCH3 is 2. The third-order valence-electron chi connectivity index (χ3n) is 2.48. The summed E-state index contributed by atoms with van der Waals surface area (Å²) < 4.78 is 10.4. The van der Waals surface area contributed by atoms with Crippen LogP contribution in [0.15, 0.2) is 29.8 Å². The monoisotopic (exact) mass is 250 g/mol. The van der Waals surface area contributed by atoms with Crippen molar-refractivity contribution in [3.63, 3.8) is 0 Å². The summed E-state index contributed by atoms with van der Waals surface area (Å²) in [5.74, 6) is 1.37. The molecule has 0 aliphatic heterocycles. The molecule has 17 heavy (non-hydrogen) atoms. The molecule has 0 fully saturated rings. The first-order chi connectivity index (χ1) is 8.26. The highest BCUT2D eigenvalue weighted by Crippen LogP contribution is 2.31. The molecule has 0 bridgehead atoms. The van der Waals surface area contributed by atoms with Gasteiger partial charge in [-0.2, -0.15) is 0 Å². The summed E-state index contributed by atoms with van der Waals surface area (Å²) in [6, 6.07) is 5.43. The molecule has 2 N–H and O–H groups in total. The van der Waals surface area contributed by atoms with Crippen molar-refractivity contribution in [1.29, 1.82) is 0 Å². The van der Waals surface area contributed by atoms with Crippen molar-refractivity contribution in [2.45, 2.75) is 6.04 Å². The molecule has 0 saturated heterocycles. The molecular weight excluding hydrogens is 236 g/mol. The van der Waals surface area contributed by atoms with Gasteiger partial charge in [0.15, 0.2) is 11.5 Å². The molecule has 90 valence electrons. The van der Waals surface area contributed by atoms with Crippen LogP contribution in [0.2, 0.25) is 0 Å². The average molecular weight is 250 g/mol. The number of nitrogens with two attached hydrogens (primary N) is 1. The van der Waals surface area contributed by atoms with Crippen LogP contribution in [-0.2, 0) is 0 Å². The molecule has 1 atom stereocenters. The van der Waals surface area contributed by atoms with Gasteiger partial charge < -0.3 is 15.2 Å². The fraction of sp³-hybridized carbons (Fsp3) is 0.250. The zero-order valence-corrected chi connectivity index (χ0v) is 10.5. The fourth-order valence-corrected chi connectivity index (χ4v) is 2.24. The van der Waals surface area contributed by atoms with Gasteiger partial charge >= 0.3 is 0 Å². The van der Waals surface area contributed by atoms with Crippen LogP contribution in [0, 0.1) is 0 Å². The Hall–Kier alpha value is -1.59. The van der Waals surface area contributed by atoms with E-state index in [1.54, 1.807) is 31.8 Å². The zero-order chi connectivity index (χ0) is 12.3. The highest BCUT2D eigenvalue weighted by molar-refractivity contribution is 7.09. The van der Waals surface area contributed by atoms with Crippen LogP contribution in [-0.4, -0.2) is 19.2 Å². The van der Waals surface area contributed by atoms with E-state index in [0.29, 0.717) is 11.5 Å². The summed E-state index contributed by atoms with van der Waals surface area (Å²) in [4.78, 5) is 4.21. The molecule has 0 aliphatic rings. The number of ether oxygens (including phenoxy) is 2. The van der Waals surface area contributed by atoms with Crippen LogP contribution in [0.25, 0.3) is 0 Å². The summed E-state index contributed by atoms with van der Waals surface area (Å²) in [6.45, 7) is 0. The van der Waals surface area contributed by atoms with E-state index >= 15 is 0 Å². The lowest BCUT2D eigenvalue weighted by Gasteiger charge is -2.13. The number of benzene rings is 1. The van der Waals surface area contributed by atoms with Crippen LogP contribution in [0.5, 0.6) is 11.5 Å². The first-order valence-electron chi connectivity index (χ1n) is 5.13. The van der Waals surface area contributed by atoms with Gasteiger partial charge in [0.2, 0.25) is 0 Å². The molecule has 1 heterocycles. The zero-order valence-electron chi connectivity index (χ0n) is 9.71. The summed E-state index contributed by atoms with van der Waals surface area (Å²) in [5, 5.41) is 2.80. The van der Waals surface area contributed by atoms with Gasteiger partial charge in [0.1, 0.15) is 5.01 Å². The summed E-state index contributed by atoms with van der Waals surface area (Å²) >= 11 is 1.54. The second kappa shape index (κ2) is 5.16. The van der Waals surface area contributed by atoms with E-state index in [9.17, 15) is 0 Å². The minimum absolute atomic E-state index is 0.227. The van der Waals surface area contributed by atoms with E-state index in [1.165, 1.54) is 0 Å². The minimum atomic E-state index is -0.227. The molecule has 0 aliphatic carbocycles. The van der Waals surface area contributed by atoms with Crippen LogP contribution in [0.1, 0.15) is 16.6 Å². The van der Waals surface area contributed by atoms with Crippen LogP contribution in [0.3, 0.4) is 0 Å². The van der Waals surface area contributed by atoms with E-state index in [4.69, 9.17) is 15.2 Å². The molecule has 0 spiro atoms. The maximum Gasteiger partial charge on any atom is 0.161 e. The van der Waals surface area contributed by atoms with Crippen LogP contribution in [0.4, 0.5) is 0 Å². The molecule has 0 radical (unpaired) electrons. The van der Waals surface area contributed by atoms with Gasteiger partial charge in [-0.3, -0.25) is 0 Å². The molecule has 1 aromatic carbocycles. The maximum atomic E-state index is 6.13. The lowest BCUT2D eigenvalue weighted by Crippen LogP contribution is -2.11. The Morgan fingerprint density at radius 2 is 2.00 bits per heavy atom. The number of nitrogens with zero attached hydrogens (tertiary/aromatic N) is 1. The molecule has 4 nitrogen and oxygen atoms in total. The van der Waals surface area contributed by atoms with Crippen molar-refractivity contribution in [2.75, 3.05) is 14.2 Å². The van der Waals surface area contributed by atoms with Crippen molar-refractivity contribution in [3.05, 3.63) is 40.3 Å². The summed E-state index contributed by atoms with van der Waals surface area (Å²) in [7, 11) is 3.22. The Balaban J connectivity index is 2.33. The molecular formula is C12H14N2O2S. The Kier molecular flexibility index (Phi) is 3.61. The number of rotatable bonds is 4. The average Bonchev–Trinajstić information content (AvgIpc) is 2.90. The quantitative estimate of drug-likeness (QED) is 0.903. The molecule has 2 aromatic rings. The van der Waals surface area contributed by atoms with Gasteiger partial charge in [-0.1, -0.05) is 6.07 Å². The number of hydrogen-bond acceptors (Lipinski definition) is 5. The van der Waals surface area contributed by atoms with E-state index < -0.39 is 0 Å². The second-order valence-corrected chi connectivity index (χ2v) is 4.39. The van der Waals surface area contributed by atoms with E-state index in [-0.39, 0.29) is 6.04 Å². The molecule has 0 amide bonds. The molecule has 0 saturated carbocycles. The Morgan fingerprint density at radius 1 is 1.24 bits per heavy atom. The largest absolute Gasteiger partial charge is 0.493 e. The third-order valence-corrected chi connectivity index (χ3v) is 3.34. The van der Waals surface area contributed by atoms with Crippen molar-refractivity contribution < 1.29 is 9.47 Å². The molecule has 5 heteroatoms. The van der Waals surface area contributed by atoms with Gasteiger partial charge in [0.05, 0.1) is 20.3 Å². The fourth-order valence-electron chi connectivity index (χ4n) is 1.58. The van der Waals surface area contributed by atoms with Gasteiger partial charge in [-0.25, -0.2) is 4.98 Å². The highest BCUT2D eigenvalue weighted by Gasteiger charge is 2.14.